The topological polar surface area (TPSA) is 65.5 Å². The first-order valence-corrected chi connectivity index (χ1v) is 6.31. The number of hydrogen-bond donors (Lipinski definition) is 2. The second-order valence-electron chi connectivity index (χ2n) is 4.64. The van der Waals surface area contributed by atoms with Gasteiger partial charge in [-0.1, -0.05) is 0 Å². The molecule has 0 aliphatic carbocycles. The molecule has 0 saturated carbocycles. The Morgan fingerprint density at radius 1 is 1.50 bits per heavy atom. The van der Waals surface area contributed by atoms with Crippen molar-refractivity contribution in [2.45, 2.75) is 25.4 Å². The van der Waals surface area contributed by atoms with Crippen LogP contribution in [0.3, 0.4) is 0 Å². The highest BCUT2D eigenvalue weighted by Crippen LogP contribution is 2.13. The van der Waals surface area contributed by atoms with E-state index in [0.29, 0.717) is 0 Å². The molecule has 0 spiro atoms. The second kappa shape index (κ2) is 6.47. The third-order valence-electron chi connectivity index (χ3n) is 3.24. The van der Waals surface area contributed by atoms with E-state index in [1.807, 2.05) is 12.1 Å². The molecule has 1 aromatic heterocycles. The Morgan fingerprint density at radius 2 is 2.28 bits per heavy atom. The minimum absolute atomic E-state index is 0.0677. The molecular weight excluding hydrogens is 230 g/mol. The molecular formula is C13H19N3O2. The van der Waals surface area contributed by atoms with Crippen molar-refractivity contribution < 1.29 is 9.90 Å². The Bertz CT molecular complexity index is 383. The standard InChI is InChI=1S/C13H19N3O2/c17-13(18)8-12-9-15-4-1-7-16(12)10-11-2-5-14-6-3-11/h2-3,5-6,12,15H,1,4,7-10H2,(H,17,18). The number of carboxylic acid groups (broad SMARTS) is 1. The van der Waals surface area contributed by atoms with E-state index in [0.717, 1.165) is 32.6 Å². The Kier molecular flexibility index (Phi) is 4.66. The van der Waals surface area contributed by atoms with Crippen LogP contribution >= 0.6 is 0 Å². The highest BCUT2D eigenvalue weighted by atomic mass is 16.4. The maximum absolute atomic E-state index is 10.9. The number of rotatable bonds is 4. The lowest BCUT2D eigenvalue weighted by Crippen LogP contribution is -2.40. The molecule has 18 heavy (non-hydrogen) atoms. The number of hydrogen-bond acceptors (Lipinski definition) is 4. The first-order valence-electron chi connectivity index (χ1n) is 6.31. The van der Waals surface area contributed by atoms with Crippen molar-refractivity contribution in [1.29, 1.82) is 0 Å². The molecule has 0 amide bonds. The number of carbonyl (C=O) groups is 1. The van der Waals surface area contributed by atoms with E-state index in [-0.39, 0.29) is 12.5 Å². The van der Waals surface area contributed by atoms with E-state index < -0.39 is 5.97 Å². The van der Waals surface area contributed by atoms with Crippen LogP contribution in [0.15, 0.2) is 24.5 Å². The number of aliphatic carboxylic acids is 1. The zero-order valence-electron chi connectivity index (χ0n) is 10.4. The van der Waals surface area contributed by atoms with Crippen molar-refractivity contribution in [2.24, 2.45) is 0 Å². The third-order valence-corrected chi connectivity index (χ3v) is 3.24. The molecule has 2 heterocycles. The maximum atomic E-state index is 10.9. The van der Waals surface area contributed by atoms with Crippen LogP contribution < -0.4 is 5.32 Å². The van der Waals surface area contributed by atoms with Gasteiger partial charge in [0.25, 0.3) is 0 Å². The van der Waals surface area contributed by atoms with E-state index in [1.54, 1.807) is 12.4 Å². The lowest BCUT2D eigenvalue weighted by atomic mass is 10.1. The van der Waals surface area contributed by atoms with Crippen LogP contribution in [0.5, 0.6) is 0 Å². The zero-order valence-corrected chi connectivity index (χ0v) is 10.4. The molecule has 1 aliphatic rings. The van der Waals surface area contributed by atoms with Gasteiger partial charge in [-0.25, -0.2) is 0 Å². The third kappa shape index (κ3) is 3.78. The number of nitrogens with zero attached hydrogens (tertiary/aromatic N) is 2. The molecule has 5 nitrogen and oxygen atoms in total. The molecule has 1 saturated heterocycles. The van der Waals surface area contributed by atoms with Gasteiger partial charge in [0.15, 0.2) is 0 Å². The van der Waals surface area contributed by atoms with Crippen molar-refractivity contribution in [1.82, 2.24) is 15.2 Å². The van der Waals surface area contributed by atoms with Crippen LogP contribution in [-0.2, 0) is 11.3 Å². The van der Waals surface area contributed by atoms with E-state index in [9.17, 15) is 4.79 Å². The first-order chi connectivity index (χ1) is 8.75. The summed E-state index contributed by atoms with van der Waals surface area (Å²) in [6.07, 6.45) is 4.80. The van der Waals surface area contributed by atoms with Gasteiger partial charge in [0, 0.05) is 38.1 Å². The molecule has 2 N–H and O–H groups in total. The molecule has 0 radical (unpaired) electrons. The van der Waals surface area contributed by atoms with Gasteiger partial charge in [0.05, 0.1) is 6.42 Å². The molecule has 0 aromatic carbocycles. The number of nitrogens with one attached hydrogen (secondary N) is 1. The van der Waals surface area contributed by atoms with E-state index in [1.165, 1.54) is 5.56 Å². The molecule has 98 valence electrons. The average Bonchev–Trinajstić information content (AvgIpc) is 2.56. The normalized spacial score (nSPS) is 21.4. The van der Waals surface area contributed by atoms with Gasteiger partial charge in [0.2, 0.25) is 0 Å². The summed E-state index contributed by atoms with van der Waals surface area (Å²) in [4.78, 5) is 17.2. The van der Waals surface area contributed by atoms with Crippen LogP contribution in [0.25, 0.3) is 0 Å². The van der Waals surface area contributed by atoms with Gasteiger partial charge in [-0.2, -0.15) is 0 Å². The molecule has 5 heteroatoms. The summed E-state index contributed by atoms with van der Waals surface area (Å²) in [6.45, 7) is 3.44. The largest absolute Gasteiger partial charge is 0.481 e. The van der Waals surface area contributed by atoms with Crippen LogP contribution in [0.4, 0.5) is 0 Å². The summed E-state index contributed by atoms with van der Waals surface area (Å²) < 4.78 is 0. The highest BCUT2D eigenvalue weighted by molar-refractivity contribution is 5.67. The molecule has 1 aliphatic heterocycles. The lowest BCUT2D eigenvalue weighted by molar-refractivity contribution is -0.138. The second-order valence-corrected chi connectivity index (χ2v) is 4.64. The van der Waals surface area contributed by atoms with Crippen molar-refractivity contribution in [3.63, 3.8) is 0 Å². The van der Waals surface area contributed by atoms with E-state index >= 15 is 0 Å². The predicted octanol–water partition coefficient (Wildman–Crippen LogP) is 0.720. The monoisotopic (exact) mass is 249 g/mol. The number of carboxylic acids is 1. The van der Waals surface area contributed by atoms with E-state index in [4.69, 9.17) is 5.11 Å². The molecule has 1 unspecified atom stereocenters. The van der Waals surface area contributed by atoms with Gasteiger partial charge >= 0.3 is 5.97 Å². The van der Waals surface area contributed by atoms with Gasteiger partial charge in [0.1, 0.15) is 0 Å². The van der Waals surface area contributed by atoms with Crippen LogP contribution in [0.1, 0.15) is 18.4 Å². The maximum Gasteiger partial charge on any atom is 0.304 e. The summed E-state index contributed by atoms with van der Waals surface area (Å²) >= 11 is 0. The fraction of sp³-hybridized carbons (Fsp3) is 0.538. The Hall–Kier alpha value is -1.46. The van der Waals surface area contributed by atoms with Crippen molar-refractivity contribution >= 4 is 5.97 Å². The zero-order chi connectivity index (χ0) is 12.8. The summed E-state index contributed by atoms with van der Waals surface area (Å²) in [7, 11) is 0. The molecule has 1 fully saturated rings. The predicted molar refractivity (Wildman–Crippen MR) is 68.2 cm³/mol. The highest BCUT2D eigenvalue weighted by Gasteiger charge is 2.23. The first kappa shape index (κ1) is 13.0. The van der Waals surface area contributed by atoms with Crippen molar-refractivity contribution in [2.75, 3.05) is 19.6 Å². The fourth-order valence-electron chi connectivity index (χ4n) is 2.32. The smallest absolute Gasteiger partial charge is 0.304 e. The number of pyridine rings is 1. The lowest BCUT2D eigenvalue weighted by Gasteiger charge is -2.28. The Balaban J connectivity index is 2.03. The van der Waals surface area contributed by atoms with Crippen molar-refractivity contribution in [3.05, 3.63) is 30.1 Å². The minimum Gasteiger partial charge on any atom is -0.481 e. The molecule has 1 atom stereocenters. The van der Waals surface area contributed by atoms with Gasteiger partial charge in [-0.15, -0.1) is 0 Å². The van der Waals surface area contributed by atoms with E-state index in [2.05, 4.69) is 15.2 Å². The fourth-order valence-corrected chi connectivity index (χ4v) is 2.32. The average molecular weight is 249 g/mol. The Labute approximate surface area is 107 Å². The summed E-state index contributed by atoms with van der Waals surface area (Å²) in [5.41, 5.74) is 1.18. The SMILES string of the molecule is O=C(O)CC1CNCCCN1Cc1ccncc1. The van der Waals surface area contributed by atoms with Gasteiger partial charge in [-0.05, 0) is 30.7 Å². The van der Waals surface area contributed by atoms with Crippen LogP contribution in [0.2, 0.25) is 0 Å². The Morgan fingerprint density at radius 3 is 3.00 bits per heavy atom. The summed E-state index contributed by atoms with van der Waals surface area (Å²) in [5, 5.41) is 12.3. The van der Waals surface area contributed by atoms with Gasteiger partial charge < -0.3 is 10.4 Å². The molecule has 2 rings (SSSR count). The summed E-state index contributed by atoms with van der Waals surface area (Å²) in [5.74, 6) is -0.733. The minimum atomic E-state index is -0.733. The van der Waals surface area contributed by atoms with Gasteiger partial charge in [-0.3, -0.25) is 14.7 Å². The molecule has 1 aromatic rings. The van der Waals surface area contributed by atoms with Crippen LogP contribution in [0, 0.1) is 0 Å². The quantitative estimate of drug-likeness (QED) is 0.823. The summed E-state index contributed by atoms with van der Waals surface area (Å²) in [6, 6.07) is 4.03. The molecule has 0 bridgehead atoms. The van der Waals surface area contributed by atoms with Crippen LogP contribution in [-0.4, -0.2) is 46.6 Å². The number of aromatic nitrogens is 1. The van der Waals surface area contributed by atoms with Crippen molar-refractivity contribution in [3.8, 4) is 0 Å².